The standard InChI is InChI=1S/C22H19F8N3O3.C2HF3O2/c1-11-18(20(35)32-12(9-34)8-17(21(25,26)27)22(28,29)30)33-7-3-6-16(19(33)31-11)36-10-13-14(23)4-2-5-15(13)24;3-2(4,5)1(6)7/h2-7,12,17,34H,8-10H2,1H3,(H,32,35);(H,6,7). The van der Waals surface area contributed by atoms with Crippen LogP contribution in [-0.4, -0.2) is 62.7 Å². The van der Waals surface area contributed by atoms with Crippen molar-refractivity contribution in [3.8, 4) is 5.75 Å². The number of aliphatic hydroxyl groups excluding tert-OH is 1. The molecule has 0 fully saturated rings. The maximum Gasteiger partial charge on any atom is 0.490 e. The summed E-state index contributed by atoms with van der Waals surface area (Å²) < 4.78 is 143. The third-order valence-electron chi connectivity index (χ3n) is 5.55. The van der Waals surface area contributed by atoms with Crippen molar-refractivity contribution >= 4 is 17.5 Å². The number of aryl methyl sites for hydroxylation is 1. The fraction of sp³-hybridized carbons (Fsp3) is 0.375. The monoisotopic (exact) mass is 639 g/mol. The Hall–Kier alpha value is -4.16. The first-order valence-electron chi connectivity index (χ1n) is 11.6. The van der Waals surface area contributed by atoms with Crippen LogP contribution >= 0.6 is 0 Å². The fourth-order valence-corrected chi connectivity index (χ4v) is 3.53. The number of carboxylic acids is 1. The van der Waals surface area contributed by atoms with Crippen molar-refractivity contribution in [1.29, 1.82) is 0 Å². The number of carbonyl (C=O) groups is 2. The number of aromatic nitrogens is 2. The number of alkyl halides is 9. The quantitative estimate of drug-likeness (QED) is 0.287. The number of hydrogen-bond acceptors (Lipinski definition) is 5. The third-order valence-corrected chi connectivity index (χ3v) is 5.55. The van der Waals surface area contributed by atoms with Gasteiger partial charge in [-0.3, -0.25) is 9.20 Å². The molecule has 2 heterocycles. The SMILES string of the molecule is Cc1nc2c(OCc3c(F)cccc3F)cccn2c1C(=O)NC(CO)CC(C(F)(F)F)C(F)(F)F.O=C(O)C(F)(F)F. The molecule has 0 saturated heterocycles. The summed E-state index contributed by atoms with van der Waals surface area (Å²) in [6, 6.07) is 4.12. The zero-order valence-electron chi connectivity index (χ0n) is 21.4. The minimum Gasteiger partial charge on any atom is -0.485 e. The van der Waals surface area contributed by atoms with E-state index in [1.54, 1.807) is 0 Å². The van der Waals surface area contributed by atoms with Crippen molar-refractivity contribution < 1.29 is 72.8 Å². The van der Waals surface area contributed by atoms with Crippen LogP contribution in [0.1, 0.15) is 28.2 Å². The lowest BCUT2D eigenvalue weighted by Crippen LogP contribution is -2.45. The van der Waals surface area contributed by atoms with Gasteiger partial charge < -0.3 is 20.3 Å². The molecule has 1 aromatic carbocycles. The van der Waals surface area contributed by atoms with Crippen LogP contribution in [0, 0.1) is 24.5 Å². The van der Waals surface area contributed by atoms with Crippen molar-refractivity contribution in [2.45, 2.75) is 44.5 Å². The van der Waals surface area contributed by atoms with Gasteiger partial charge in [0.25, 0.3) is 5.91 Å². The Morgan fingerprint density at radius 2 is 1.51 bits per heavy atom. The molecule has 238 valence electrons. The minimum atomic E-state index is -5.64. The summed E-state index contributed by atoms with van der Waals surface area (Å²) in [4.78, 5) is 25.8. The van der Waals surface area contributed by atoms with Crippen LogP contribution in [0.4, 0.5) is 48.3 Å². The first kappa shape index (κ1) is 35.0. The second-order valence-corrected chi connectivity index (χ2v) is 8.63. The number of ether oxygens (including phenoxy) is 1. The van der Waals surface area contributed by atoms with Gasteiger partial charge in [0.1, 0.15) is 23.9 Å². The van der Waals surface area contributed by atoms with Crippen LogP contribution in [0.5, 0.6) is 5.75 Å². The number of hydrogen-bond donors (Lipinski definition) is 3. The van der Waals surface area contributed by atoms with Gasteiger partial charge in [-0.1, -0.05) is 6.07 Å². The number of benzene rings is 1. The molecule has 3 N–H and O–H groups in total. The van der Waals surface area contributed by atoms with Gasteiger partial charge in [-0.25, -0.2) is 18.6 Å². The molecule has 0 saturated carbocycles. The topological polar surface area (TPSA) is 113 Å². The molecule has 8 nitrogen and oxygen atoms in total. The smallest absolute Gasteiger partial charge is 0.485 e. The fourth-order valence-electron chi connectivity index (χ4n) is 3.53. The van der Waals surface area contributed by atoms with Crippen LogP contribution in [0.15, 0.2) is 36.5 Å². The van der Waals surface area contributed by atoms with E-state index < -0.39 is 73.6 Å². The van der Waals surface area contributed by atoms with E-state index in [1.165, 1.54) is 31.3 Å². The first-order valence-corrected chi connectivity index (χ1v) is 11.6. The predicted octanol–water partition coefficient (Wildman–Crippen LogP) is 5.35. The lowest BCUT2D eigenvalue weighted by Gasteiger charge is -2.26. The Morgan fingerprint density at radius 3 is 1.98 bits per heavy atom. The first-order chi connectivity index (χ1) is 19.7. The van der Waals surface area contributed by atoms with E-state index in [1.807, 2.05) is 5.32 Å². The molecule has 2 aromatic heterocycles. The average Bonchev–Trinajstić information content (AvgIpc) is 3.21. The van der Waals surface area contributed by atoms with Gasteiger partial charge in [0.15, 0.2) is 17.3 Å². The van der Waals surface area contributed by atoms with Gasteiger partial charge >= 0.3 is 24.5 Å². The minimum absolute atomic E-state index is 0.000838. The number of carboxylic acid groups (broad SMARTS) is 1. The summed E-state index contributed by atoms with van der Waals surface area (Å²) in [5.74, 6) is -9.33. The molecule has 19 heteroatoms. The molecule has 3 aromatic rings. The van der Waals surface area contributed by atoms with E-state index in [4.69, 9.17) is 14.6 Å². The molecule has 0 aliphatic carbocycles. The summed E-state index contributed by atoms with van der Waals surface area (Å²) in [6.45, 7) is -0.369. The second kappa shape index (κ2) is 13.4. The summed E-state index contributed by atoms with van der Waals surface area (Å²) >= 11 is 0. The predicted molar refractivity (Wildman–Crippen MR) is 123 cm³/mol. The van der Waals surface area contributed by atoms with Crippen LogP contribution < -0.4 is 10.1 Å². The lowest BCUT2D eigenvalue weighted by atomic mass is 9.98. The van der Waals surface area contributed by atoms with Crippen molar-refractivity contribution in [3.63, 3.8) is 0 Å². The number of pyridine rings is 1. The number of imidazole rings is 1. The summed E-state index contributed by atoms with van der Waals surface area (Å²) in [7, 11) is 0. The van der Waals surface area contributed by atoms with Gasteiger partial charge in [0.2, 0.25) is 0 Å². The maximum absolute atomic E-state index is 13.9. The Kier molecular flexibility index (Phi) is 10.9. The van der Waals surface area contributed by atoms with E-state index in [2.05, 4.69) is 4.98 Å². The number of aliphatic hydroxyl groups is 1. The van der Waals surface area contributed by atoms with Gasteiger partial charge in [0.05, 0.1) is 23.9 Å². The number of carbonyl (C=O) groups excluding carboxylic acids is 1. The second-order valence-electron chi connectivity index (χ2n) is 8.63. The third kappa shape index (κ3) is 9.16. The van der Waals surface area contributed by atoms with Crippen molar-refractivity contribution in [1.82, 2.24) is 14.7 Å². The maximum atomic E-state index is 13.9. The van der Waals surface area contributed by atoms with Crippen molar-refractivity contribution in [2.24, 2.45) is 5.92 Å². The van der Waals surface area contributed by atoms with E-state index in [0.717, 1.165) is 16.5 Å². The lowest BCUT2D eigenvalue weighted by molar-refractivity contribution is -0.287. The summed E-state index contributed by atoms with van der Waals surface area (Å²) in [6.07, 6.45) is -16.7. The zero-order chi connectivity index (χ0) is 32.9. The van der Waals surface area contributed by atoms with E-state index in [-0.39, 0.29) is 28.3 Å². The number of nitrogens with zero attached hydrogens (tertiary/aromatic N) is 2. The molecule has 43 heavy (non-hydrogen) atoms. The van der Waals surface area contributed by atoms with Gasteiger partial charge in [-0.15, -0.1) is 0 Å². The van der Waals surface area contributed by atoms with Gasteiger partial charge in [-0.05, 0) is 37.6 Å². The molecule has 1 unspecified atom stereocenters. The highest BCUT2D eigenvalue weighted by molar-refractivity contribution is 5.95. The molecule has 1 atom stereocenters. The highest BCUT2D eigenvalue weighted by Gasteiger charge is 2.57. The van der Waals surface area contributed by atoms with Crippen LogP contribution in [0.2, 0.25) is 0 Å². The summed E-state index contributed by atoms with van der Waals surface area (Å²) in [5, 5.41) is 18.5. The number of amides is 1. The molecule has 1 amide bonds. The van der Waals surface area contributed by atoms with E-state index in [0.29, 0.717) is 0 Å². The summed E-state index contributed by atoms with van der Waals surface area (Å²) in [5.41, 5.74) is -0.585. The highest BCUT2D eigenvalue weighted by Crippen LogP contribution is 2.42. The zero-order valence-corrected chi connectivity index (χ0v) is 21.4. The van der Waals surface area contributed by atoms with Crippen LogP contribution in [0.3, 0.4) is 0 Å². The number of rotatable bonds is 8. The van der Waals surface area contributed by atoms with Crippen LogP contribution in [0.25, 0.3) is 5.65 Å². The van der Waals surface area contributed by atoms with Gasteiger partial charge in [0, 0.05) is 6.20 Å². The number of halogens is 11. The number of fused-ring (bicyclic) bond motifs is 1. The Labute approximate surface area is 233 Å². The molecule has 0 radical (unpaired) electrons. The number of nitrogens with one attached hydrogen (secondary N) is 1. The Balaban J connectivity index is 0.000000821. The molecular weight excluding hydrogens is 619 g/mol. The number of aliphatic carboxylic acids is 1. The Morgan fingerprint density at radius 1 is 0.977 bits per heavy atom. The van der Waals surface area contributed by atoms with Crippen LogP contribution in [-0.2, 0) is 11.4 Å². The van der Waals surface area contributed by atoms with Crippen molar-refractivity contribution in [3.05, 3.63) is 65.1 Å². The van der Waals surface area contributed by atoms with Gasteiger partial charge in [-0.2, -0.15) is 39.5 Å². The normalized spacial score (nSPS) is 13.0. The molecule has 0 aliphatic heterocycles. The average molecular weight is 639 g/mol. The molecule has 0 bridgehead atoms. The van der Waals surface area contributed by atoms with Crippen molar-refractivity contribution in [2.75, 3.05) is 6.61 Å². The molecule has 0 spiro atoms. The Bertz CT molecular complexity index is 1400. The molecule has 3 rings (SSSR count). The molecule has 0 aliphatic rings. The van der Waals surface area contributed by atoms with E-state index in [9.17, 15) is 58.2 Å². The van der Waals surface area contributed by atoms with E-state index >= 15 is 0 Å². The highest BCUT2D eigenvalue weighted by atomic mass is 19.4. The largest absolute Gasteiger partial charge is 0.490 e. The molecular formula is C24H20F11N3O5.